The molecule has 4 aromatic rings. The lowest BCUT2D eigenvalue weighted by Gasteiger charge is -2.39. The highest BCUT2D eigenvalue weighted by Gasteiger charge is 2.42. The van der Waals surface area contributed by atoms with Gasteiger partial charge in [-0.2, -0.15) is 10.1 Å². The van der Waals surface area contributed by atoms with Gasteiger partial charge in [-0.3, -0.25) is 0 Å². The van der Waals surface area contributed by atoms with Gasteiger partial charge in [0.05, 0.1) is 19.9 Å². The zero-order valence-corrected chi connectivity index (χ0v) is 19.4. The van der Waals surface area contributed by atoms with E-state index in [0.29, 0.717) is 17.4 Å². The number of methoxy groups -OCH3 is 2. The molecule has 176 valence electrons. The van der Waals surface area contributed by atoms with Gasteiger partial charge in [-0.25, -0.2) is 9.07 Å². The molecule has 0 unspecified atom stereocenters. The van der Waals surface area contributed by atoms with Gasteiger partial charge < -0.3 is 19.5 Å². The summed E-state index contributed by atoms with van der Waals surface area (Å²) in [5, 5.41) is 7.99. The van der Waals surface area contributed by atoms with Crippen LogP contribution in [0.1, 0.15) is 34.4 Å². The molecule has 0 saturated heterocycles. The van der Waals surface area contributed by atoms with E-state index >= 15 is 0 Å². The summed E-state index contributed by atoms with van der Waals surface area (Å²) in [6.07, 6.45) is 0.973. The molecular weight excluding hydrogens is 447 g/mol. The number of nitrogens with one attached hydrogen (secondary N) is 1. The van der Waals surface area contributed by atoms with Crippen LogP contribution in [0.4, 0.5) is 10.3 Å². The van der Waals surface area contributed by atoms with E-state index in [0.717, 1.165) is 39.3 Å². The highest BCUT2D eigenvalue weighted by molar-refractivity contribution is 5.85. The molecule has 7 nitrogen and oxygen atoms in total. The summed E-state index contributed by atoms with van der Waals surface area (Å²) in [7, 11) is 3.22. The van der Waals surface area contributed by atoms with Crippen molar-refractivity contribution in [3.63, 3.8) is 0 Å². The van der Waals surface area contributed by atoms with Crippen LogP contribution in [0, 0.1) is 12.7 Å². The molecule has 8 heteroatoms. The fraction of sp³-hybridized carbons (Fsp3) is 0.185. The number of halogens is 1. The Kier molecular flexibility index (Phi) is 4.95. The van der Waals surface area contributed by atoms with Gasteiger partial charge in [-0.1, -0.05) is 35.9 Å². The summed E-state index contributed by atoms with van der Waals surface area (Å²) >= 11 is 0. The SMILES string of the molecule is COc1cccc([C@@H]2Oc3ccc(C)cc3C3=C2[C@H](c2ccc(F)cc2)n2ncnc2N3)c1OC. The summed E-state index contributed by atoms with van der Waals surface area (Å²) in [6, 6.07) is 17.9. The first-order chi connectivity index (χ1) is 17.1. The zero-order valence-electron chi connectivity index (χ0n) is 19.4. The minimum absolute atomic E-state index is 0.303. The third-order valence-electron chi connectivity index (χ3n) is 6.47. The lowest BCUT2D eigenvalue weighted by molar-refractivity contribution is 0.216. The van der Waals surface area contributed by atoms with Crippen molar-refractivity contribution in [3.05, 3.63) is 101 Å². The second-order valence-electron chi connectivity index (χ2n) is 8.52. The van der Waals surface area contributed by atoms with Crippen LogP contribution >= 0.6 is 0 Å². The topological polar surface area (TPSA) is 70.4 Å². The van der Waals surface area contributed by atoms with Crippen molar-refractivity contribution in [1.82, 2.24) is 14.8 Å². The van der Waals surface area contributed by atoms with Gasteiger partial charge in [-0.15, -0.1) is 0 Å². The number of anilines is 1. The van der Waals surface area contributed by atoms with Crippen LogP contribution < -0.4 is 19.5 Å². The predicted octanol–water partition coefficient (Wildman–Crippen LogP) is 5.30. The van der Waals surface area contributed by atoms with Crippen molar-refractivity contribution in [3.8, 4) is 17.2 Å². The Morgan fingerprint density at radius 2 is 1.86 bits per heavy atom. The van der Waals surface area contributed by atoms with Gasteiger partial charge in [0.15, 0.2) is 17.6 Å². The smallest absolute Gasteiger partial charge is 0.226 e. The lowest BCUT2D eigenvalue weighted by atomic mass is 9.84. The van der Waals surface area contributed by atoms with Crippen molar-refractivity contribution in [1.29, 1.82) is 0 Å². The number of para-hydroxylation sites is 1. The van der Waals surface area contributed by atoms with Gasteiger partial charge in [0, 0.05) is 16.7 Å². The molecule has 1 N–H and O–H groups in total. The molecule has 3 heterocycles. The van der Waals surface area contributed by atoms with Crippen LogP contribution in [0.5, 0.6) is 17.2 Å². The number of aryl methyl sites for hydroxylation is 1. The summed E-state index contributed by atoms with van der Waals surface area (Å²) in [5.41, 5.74) is 5.50. The average molecular weight is 471 g/mol. The predicted molar refractivity (Wildman–Crippen MR) is 129 cm³/mol. The first-order valence-electron chi connectivity index (χ1n) is 11.2. The minimum atomic E-state index is -0.537. The van der Waals surface area contributed by atoms with Crippen molar-refractivity contribution >= 4 is 11.6 Å². The number of hydrogen-bond acceptors (Lipinski definition) is 6. The Hall–Kier alpha value is -4.33. The first-order valence-corrected chi connectivity index (χ1v) is 11.2. The normalized spacial score (nSPS) is 18.1. The van der Waals surface area contributed by atoms with Gasteiger partial charge in [0.2, 0.25) is 5.95 Å². The van der Waals surface area contributed by atoms with Crippen molar-refractivity contribution in [2.24, 2.45) is 0 Å². The standard InChI is InChI=1S/C27H23FN4O3/c1-15-7-12-20-19(13-15)23-22(26(35-20)18-5-4-6-21(33-2)25(18)34-3)24(16-8-10-17(28)11-9-16)32-27(31-23)29-14-30-32/h4-14,24,26H,1-3H3,(H,29,30,31)/t24-,26-/m0/s1. The Bertz CT molecular complexity index is 1460. The average Bonchev–Trinajstić information content (AvgIpc) is 3.35. The molecule has 0 fully saturated rings. The molecule has 2 atom stereocenters. The van der Waals surface area contributed by atoms with Crippen LogP contribution in [0.3, 0.4) is 0 Å². The van der Waals surface area contributed by atoms with Crippen molar-refractivity contribution in [2.45, 2.75) is 19.1 Å². The Morgan fingerprint density at radius 3 is 2.63 bits per heavy atom. The van der Waals surface area contributed by atoms with Crippen LogP contribution in [0.2, 0.25) is 0 Å². The summed E-state index contributed by atoms with van der Waals surface area (Å²) in [4.78, 5) is 4.44. The molecule has 0 aliphatic carbocycles. The number of hydrogen-bond donors (Lipinski definition) is 1. The third-order valence-corrected chi connectivity index (χ3v) is 6.47. The Morgan fingerprint density at radius 1 is 1.03 bits per heavy atom. The summed E-state index contributed by atoms with van der Waals surface area (Å²) < 4.78 is 33.7. The Labute approximate surface area is 201 Å². The molecular formula is C27H23FN4O3. The highest BCUT2D eigenvalue weighted by Crippen LogP contribution is 2.52. The molecule has 35 heavy (non-hydrogen) atoms. The third kappa shape index (κ3) is 3.32. The van der Waals surface area contributed by atoms with Crippen LogP contribution in [0.25, 0.3) is 5.70 Å². The molecule has 0 bridgehead atoms. The maximum atomic E-state index is 13.9. The lowest BCUT2D eigenvalue weighted by Crippen LogP contribution is -2.32. The van der Waals surface area contributed by atoms with E-state index in [9.17, 15) is 4.39 Å². The largest absolute Gasteiger partial charge is 0.493 e. The second kappa shape index (κ2) is 8.16. The van der Waals surface area contributed by atoms with Crippen LogP contribution in [-0.2, 0) is 0 Å². The number of ether oxygens (including phenoxy) is 3. The molecule has 0 amide bonds. The molecule has 2 aliphatic heterocycles. The summed E-state index contributed by atoms with van der Waals surface area (Å²) in [6.45, 7) is 2.04. The van der Waals surface area contributed by atoms with E-state index < -0.39 is 6.10 Å². The van der Waals surface area contributed by atoms with Gasteiger partial charge in [0.25, 0.3) is 0 Å². The molecule has 6 rings (SSSR count). The van der Waals surface area contributed by atoms with E-state index in [-0.39, 0.29) is 11.9 Å². The monoisotopic (exact) mass is 470 g/mol. The van der Waals surface area contributed by atoms with Gasteiger partial charge in [0.1, 0.15) is 23.9 Å². The first kappa shape index (κ1) is 21.2. The van der Waals surface area contributed by atoms with E-state index in [1.807, 2.05) is 37.3 Å². The molecule has 0 spiro atoms. The quantitative estimate of drug-likeness (QED) is 0.436. The highest BCUT2D eigenvalue weighted by atomic mass is 19.1. The molecule has 0 radical (unpaired) electrons. The molecule has 2 aliphatic rings. The zero-order chi connectivity index (χ0) is 24.1. The van der Waals surface area contributed by atoms with Crippen molar-refractivity contribution in [2.75, 3.05) is 19.5 Å². The maximum absolute atomic E-state index is 13.9. The van der Waals surface area contributed by atoms with E-state index in [4.69, 9.17) is 14.2 Å². The van der Waals surface area contributed by atoms with E-state index in [1.165, 1.54) is 18.5 Å². The number of nitrogens with zero attached hydrogens (tertiary/aromatic N) is 3. The number of fused-ring (bicyclic) bond motifs is 3. The molecule has 0 saturated carbocycles. The van der Waals surface area contributed by atoms with Crippen LogP contribution in [-0.4, -0.2) is 29.0 Å². The fourth-order valence-corrected chi connectivity index (χ4v) is 4.93. The number of rotatable bonds is 4. The Balaban J connectivity index is 1.65. The van der Waals surface area contributed by atoms with Crippen molar-refractivity contribution < 1.29 is 18.6 Å². The number of benzene rings is 3. The second-order valence-corrected chi connectivity index (χ2v) is 8.52. The summed E-state index contributed by atoms with van der Waals surface area (Å²) in [5.74, 6) is 2.23. The maximum Gasteiger partial charge on any atom is 0.226 e. The van der Waals surface area contributed by atoms with Crippen LogP contribution in [0.15, 0.2) is 72.6 Å². The fourth-order valence-electron chi connectivity index (χ4n) is 4.93. The van der Waals surface area contributed by atoms with E-state index in [1.54, 1.807) is 31.0 Å². The van der Waals surface area contributed by atoms with E-state index in [2.05, 4.69) is 21.5 Å². The number of aromatic nitrogens is 3. The molecule has 1 aromatic heterocycles. The van der Waals surface area contributed by atoms with Gasteiger partial charge >= 0.3 is 0 Å². The van der Waals surface area contributed by atoms with Gasteiger partial charge in [-0.05, 0) is 42.8 Å². The molecule has 3 aromatic carbocycles. The minimum Gasteiger partial charge on any atom is -0.493 e.